The number of hydrogen-bond donors (Lipinski definition) is 0. The molecule has 4 nitrogen and oxygen atoms in total. The molecule has 5 heteroatoms. The van der Waals surface area contributed by atoms with Gasteiger partial charge < -0.3 is 4.55 Å². The van der Waals surface area contributed by atoms with E-state index >= 15 is 0 Å². The number of rotatable bonds is 5. The van der Waals surface area contributed by atoms with Crippen LogP contribution in [0.2, 0.25) is 0 Å². The fourth-order valence-corrected chi connectivity index (χ4v) is 2.89. The predicted molar refractivity (Wildman–Crippen MR) is 78.9 cm³/mol. The topological polar surface area (TPSA) is 74.3 Å². The number of hydrogen-bond acceptors (Lipinski definition) is 4. The van der Waals surface area contributed by atoms with Crippen LogP contribution in [0.1, 0.15) is 29.3 Å². The molecule has 0 aliphatic heterocycles. The van der Waals surface area contributed by atoms with Crippen molar-refractivity contribution in [2.45, 2.75) is 18.1 Å². The lowest BCUT2D eigenvalue weighted by Gasteiger charge is -2.32. The first-order chi connectivity index (χ1) is 9.84. The molecule has 0 spiro atoms. The van der Waals surface area contributed by atoms with Gasteiger partial charge >= 0.3 is 0 Å². The van der Waals surface area contributed by atoms with Crippen LogP contribution < -0.4 is 0 Å². The van der Waals surface area contributed by atoms with E-state index in [4.69, 9.17) is 0 Å². The van der Waals surface area contributed by atoms with Crippen LogP contribution in [0.5, 0.6) is 0 Å². The second-order valence-corrected chi connectivity index (χ2v) is 6.83. The number of carbonyl (C=O) groups excluding carboxylic acids is 1. The van der Waals surface area contributed by atoms with Gasteiger partial charge in [0.2, 0.25) is 0 Å². The Morgan fingerprint density at radius 1 is 1.00 bits per heavy atom. The van der Waals surface area contributed by atoms with Crippen molar-refractivity contribution in [3.8, 4) is 0 Å². The predicted octanol–water partition coefficient (Wildman–Crippen LogP) is 2.72. The van der Waals surface area contributed by atoms with Crippen LogP contribution in [-0.4, -0.2) is 18.8 Å². The van der Waals surface area contributed by atoms with Gasteiger partial charge in [0.1, 0.15) is 10.1 Å². The zero-order valence-corrected chi connectivity index (χ0v) is 12.3. The molecule has 2 aromatic carbocycles. The van der Waals surface area contributed by atoms with E-state index in [0.717, 1.165) is 0 Å². The zero-order valence-electron chi connectivity index (χ0n) is 11.5. The van der Waals surface area contributed by atoms with E-state index in [1.165, 1.54) is 6.92 Å². The van der Waals surface area contributed by atoms with E-state index in [1.807, 2.05) is 0 Å². The molecular weight excluding hydrogens is 288 g/mol. The van der Waals surface area contributed by atoms with Crippen molar-refractivity contribution in [1.29, 1.82) is 0 Å². The largest absolute Gasteiger partial charge is 0.747 e. The van der Waals surface area contributed by atoms with Crippen LogP contribution >= 0.6 is 0 Å². The minimum absolute atomic E-state index is 0.323. The summed E-state index contributed by atoms with van der Waals surface area (Å²) >= 11 is 0. The molecule has 1 atom stereocenters. The van der Waals surface area contributed by atoms with E-state index in [9.17, 15) is 17.8 Å². The van der Waals surface area contributed by atoms with E-state index in [0.29, 0.717) is 11.1 Å². The molecule has 0 aliphatic carbocycles. The average molecular weight is 303 g/mol. The molecule has 21 heavy (non-hydrogen) atoms. The molecule has 2 aromatic rings. The van der Waals surface area contributed by atoms with Crippen LogP contribution in [0.15, 0.2) is 60.7 Å². The monoisotopic (exact) mass is 303 g/mol. The smallest absolute Gasteiger partial charge is 0.164 e. The first-order valence-corrected chi connectivity index (χ1v) is 7.84. The van der Waals surface area contributed by atoms with Crippen molar-refractivity contribution in [3.05, 3.63) is 71.8 Å². The van der Waals surface area contributed by atoms with E-state index < -0.39 is 14.9 Å². The summed E-state index contributed by atoms with van der Waals surface area (Å²) < 4.78 is 33.4. The summed E-state index contributed by atoms with van der Waals surface area (Å²) in [6.45, 7) is 1.30. The average Bonchev–Trinajstić information content (AvgIpc) is 2.47. The number of Topliss-reactive ketones (excluding diaryl/α,β-unsaturated/α-hetero) is 1. The summed E-state index contributed by atoms with van der Waals surface area (Å²) in [5.74, 6) is -0.374. The highest BCUT2D eigenvalue weighted by Gasteiger charge is 2.36. The maximum Gasteiger partial charge on any atom is 0.164 e. The van der Waals surface area contributed by atoms with Crippen molar-refractivity contribution in [1.82, 2.24) is 0 Å². The van der Waals surface area contributed by atoms with Crippen LogP contribution in [0.4, 0.5) is 0 Å². The summed E-state index contributed by atoms with van der Waals surface area (Å²) in [4.78, 5) is 12.3. The van der Waals surface area contributed by atoms with Crippen molar-refractivity contribution >= 4 is 15.9 Å². The Hall–Kier alpha value is -1.98. The first kappa shape index (κ1) is 15.4. The highest BCUT2D eigenvalue weighted by Crippen LogP contribution is 2.34. The second-order valence-electron chi connectivity index (χ2n) is 5.02. The lowest BCUT2D eigenvalue weighted by Crippen LogP contribution is -2.35. The van der Waals surface area contributed by atoms with Gasteiger partial charge in [-0.15, -0.1) is 0 Å². The second kappa shape index (κ2) is 5.79. The van der Waals surface area contributed by atoms with E-state index in [-0.39, 0.29) is 12.2 Å². The van der Waals surface area contributed by atoms with Crippen molar-refractivity contribution in [2.24, 2.45) is 0 Å². The van der Waals surface area contributed by atoms with Gasteiger partial charge in [0.15, 0.2) is 5.78 Å². The summed E-state index contributed by atoms with van der Waals surface area (Å²) in [7, 11) is -4.69. The Labute approximate surface area is 124 Å². The SMILES string of the molecule is CC(CC(=O)c1ccccc1)(c1ccccc1)S(=O)(=O)[O-]. The minimum Gasteiger partial charge on any atom is -0.747 e. The molecule has 0 N–H and O–H groups in total. The molecule has 0 bridgehead atoms. The fraction of sp³-hybridized carbons (Fsp3) is 0.188. The molecule has 0 saturated heterocycles. The van der Waals surface area contributed by atoms with Gasteiger partial charge in [0.25, 0.3) is 0 Å². The van der Waals surface area contributed by atoms with E-state index in [1.54, 1.807) is 60.7 Å². The van der Waals surface area contributed by atoms with Crippen molar-refractivity contribution in [2.75, 3.05) is 0 Å². The van der Waals surface area contributed by atoms with E-state index in [2.05, 4.69) is 0 Å². The zero-order chi connectivity index (χ0) is 15.5. The maximum absolute atomic E-state index is 12.3. The summed E-state index contributed by atoms with van der Waals surface area (Å²) in [6.07, 6.45) is -0.382. The molecule has 0 heterocycles. The molecule has 0 saturated carbocycles. The molecule has 1 unspecified atom stereocenters. The first-order valence-electron chi connectivity index (χ1n) is 6.44. The lowest BCUT2D eigenvalue weighted by atomic mass is 9.92. The fourth-order valence-electron chi connectivity index (χ4n) is 2.16. The Morgan fingerprint density at radius 3 is 1.95 bits per heavy atom. The molecule has 0 fully saturated rings. The molecule has 0 aliphatic rings. The standard InChI is InChI=1S/C16H16O4S/c1-16(21(18,19)20,14-10-6-3-7-11-14)12-15(17)13-8-4-2-5-9-13/h2-11H,12H2,1H3,(H,18,19,20)/p-1. The Kier molecular flexibility index (Phi) is 4.25. The van der Waals surface area contributed by atoms with Crippen LogP contribution in [-0.2, 0) is 14.9 Å². The third-order valence-corrected chi connectivity index (χ3v) is 5.01. The highest BCUT2D eigenvalue weighted by molar-refractivity contribution is 7.86. The minimum atomic E-state index is -4.69. The Bertz CT molecular complexity index is 723. The summed E-state index contributed by atoms with van der Waals surface area (Å²) in [6, 6.07) is 16.5. The van der Waals surface area contributed by atoms with Gasteiger partial charge in [-0.3, -0.25) is 4.79 Å². The quantitative estimate of drug-likeness (QED) is 0.629. The number of ketones is 1. The molecule has 0 amide bonds. The highest BCUT2D eigenvalue weighted by atomic mass is 32.2. The molecule has 2 rings (SSSR count). The van der Waals surface area contributed by atoms with Crippen molar-refractivity contribution < 1.29 is 17.8 Å². The van der Waals surface area contributed by atoms with Crippen LogP contribution in [0, 0.1) is 0 Å². The van der Waals surface area contributed by atoms with Crippen LogP contribution in [0.3, 0.4) is 0 Å². The maximum atomic E-state index is 12.3. The summed E-state index contributed by atoms with van der Waals surface area (Å²) in [5.41, 5.74) is 0.715. The summed E-state index contributed by atoms with van der Waals surface area (Å²) in [5, 5.41) is 0. The number of carbonyl (C=O) groups is 1. The number of benzene rings is 2. The molecule has 110 valence electrons. The van der Waals surface area contributed by atoms with Gasteiger partial charge in [0, 0.05) is 12.0 Å². The molecular formula is C16H15O4S-. The van der Waals surface area contributed by atoms with Gasteiger partial charge in [-0.1, -0.05) is 60.7 Å². The Morgan fingerprint density at radius 2 is 1.48 bits per heavy atom. The molecule has 0 radical (unpaired) electrons. The lowest BCUT2D eigenvalue weighted by molar-refractivity contribution is 0.0966. The van der Waals surface area contributed by atoms with Crippen LogP contribution in [0.25, 0.3) is 0 Å². The molecule has 0 aromatic heterocycles. The van der Waals surface area contributed by atoms with Gasteiger partial charge in [-0.05, 0) is 12.5 Å². The third kappa shape index (κ3) is 3.20. The van der Waals surface area contributed by atoms with Gasteiger partial charge in [0.05, 0.1) is 4.75 Å². The van der Waals surface area contributed by atoms with Gasteiger partial charge in [-0.25, -0.2) is 8.42 Å². The third-order valence-electron chi connectivity index (χ3n) is 3.53. The Balaban J connectivity index is 2.42. The normalized spacial score (nSPS) is 14.4. The van der Waals surface area contributed by atoms with Crippen molar-refractivity contribution in [3.63, 3.8) is 0 Å². The van der Waals surface area contributed by atoms with Gasteiger partial charge in [-0.2, -0.15) is 0 Å².